The van der Waals surface area contributed by atoms with E-state index in [2.05, 4.69) is 10.4 Å². The van der Waals surface area contributed by atoms with Crippen molar-refractivity contribution in [3.05, 3.63) is 40.8 Å². The zero-order valence-corrected chi connectivity index (χ0v) is 10.0. The molecule has 6 heteroatoms. The summed E-state index contributed by atoms with van der Waals surface area (Å²) in [5.41, 5.74) is 1.66. The minimum Gasteiger partial charge on any atom is -0.349 e. The van der Waals surface area contributed by atoms with Gasteiger partial charge in [-0.25, -0.2) is 4.39 Å². The van der Waals surface area contributed by atoms with Crippen molar-refractivity contribution in [2.24, 2.45) is 0 Å². The molecule has 1 N–H and O–H groups in total. The Hall–Kier alpha value is -1.88. The van der Waals surface area contributed by atoms with E-state index in [0.29, 0.717) is 30.0 Å². The summed E-state index contributed by atoms with van der Waals surface area (Å²) in [6.07, 6.45) is 0. The van der Waals surface area contributed by atoms with Gasteiger partial charge >= 0.3 is 0 Å². The number of benzene rings is 1. The van der Waals surface area contributed by atoms with Crippen molar-refractivity contribution in [1.82, 2.24) is 15.1 Å². The van der Waals surface area contributed by atoms with Crippen LogP contribution in [0.1, 0.15) is 10.5 Å². The number of nitrogens with zero attached hydrogens (tertiary/aromatic N) is 2. The molecule has 0 aliphatic carbocycles. The average Bonchev–Trinajstić information content (AvgIpc) is 2.78. The molecule has 0 saturated heterocycles. The molecule has 1 aromatic heterocycles. The summed E-state index contributed by atoms with van der Waals surface area (Å²) < 4.78 is 15.0. The van der Waals surface area contributed by atoms with E-state index < -0.39 is 5.82 Å². The summed E-state index contributed by atoms with van der Waals surface area (Å²) in [6, 6.07) is 6.12. The van der Waals surface area contributed by atoms with E-state index in [4.69, 9.17) is 11.6 Å². The largest absolute Gasteiger partial charge is 0.349 e. The second-order valence-corrected chi connectivity index (χ2v) is 4.43. The number of fused-ring (bicyclic) bond motifs is 1. The molecular formula is C12H9ClFN3O. The highest BCUT2D eigenvalue weighted by molar-refractivity contribution is 6.30. The number of carbonyl (C=O) groups excluding carboxylic acids is 1. The van der Waals surface area contributed by atoms with Crippen LogP contribution in [0.3, 0.4) is 0 Å². The fourth-order valence-electron chi connectivity index (χ4n) is 1.93. The lowest BCUT2D eigenvalue weighted by atomic mass is 10.1. The van der Waals surface area contributed by atoms with Crippen LogP contribution in [0.15, 0.2) is 24.3 Å². The fraction of sp³-hybridized carbons (Fsp3) is 0.167. The summed E-state index contributed by atoms with van der Waals surface area (Å²) in [5, 5.41) is 7.09. The Morgan fingerprint density at radius 3 is 2.94 bits per heavy atom. The van der Waals surface area contributed by atoms with Crippen molar-refractivity contribution in [3.8, 4) is 11.3 Å². The standard InChI is InChI=1S/C12H9ClFN3O/c13-8-2-1-7(5-9(8)14)10-6-11-12(18)15-3-4-17(11)16-10/h1-2,5-6H,3-4H2,(H,15,18). The molecule has 0 atom stereocenters. The summed E-state index contributed by atoms with van der Waals surface area (Å²) >= 11 is 5.63. The van der Waals surface area contributed by atoms with Gasteiger partial charge in [0.2, 0.25) is 0 Å². The maximum absolute atomic E-state index is 13.4. The summed E-state index contributed by atoms with van der Waals surface area (Å²) in [7, 11) is 0. The van der Waals surface area contributed by atoms with Crippen LogP contribution in [0, 0.1) is 5.82 Å². The van der Waals surface area contributed by atoms with Crippen LogP contribution in [0.25, 0.3) is 11.3 Å². The number of aromatic nitrogens is 2. The third kappa shape index (κ3) is 1.76. The van der Waals surface area contributed by atoms with Crippen molar-refractivity contribution < 1.29 is 9.18 Å². The first-order valence-corrected chi connectivity index (χ1v) is 5.84. The number of amides is 1. The molecule has 92 valence electrons. The van der Waals surface area contributed by atoms with Gasteiger partial charge in [0.05, 0.1) is 17.3 Å². The molecule has 2 heterocycles. The molecule has 0 saturated carbocycles. The first kappa shape index (κ1) is 11.2. The SMILES string of the molecule is O=C1NCCn2nc(-c3ccc(Cl)c(F)c3)cc21. The van der Waals surface area contributed by atoms with Gasteiger partial charge in [-0.1, -0.05) is 17.7 Å². The highest BCUT2D eigenvalue weighted by atomic mass is 35.5. The molecule has 0 unspecified atom stereocenters. The van der Waals surface area contributed by atoms with Crippen molar-refractivity contribution in [1.29, 1.82) is 0 Å². The van der Waals surface area contributed by atoms with Crippen molar-refractivity contribution in [2.75, 3.05) is 6.54 Å². The number of rotatable bonds is 1. The van der Waals surface area contributed by atoms with E-state index in [1.807, 2.05) is 0 Å². The molecule has 0 radical (unpaired) electrons. The monoisotopic (exact) mass is 265 g/mol. The average molecular weight is 266 g/mol. The van der Waals surface area contributed by atoms with Crippen LogP contribution in [0.4, 0.5) is 4.39 Å². The van der Waals surface area contributed by atoms with Crippen LogP contribution in [-0.4, -0.2) is 22.2 Å². The Bertz CT molecular complexity index is 638. The van der Waals surface area contributed by atoms with E-state index >= 15 is 0 Å². The predicted molar refractivity (Wildman–Crippen MR) is 65.0 cm³/mol. The van der Waals surface area contributed by atoms with Gasteiger partial charge in [-0.05, 0) is 18.2 Å². The lowest BCUT2D eigenvalue weighted by molar-refractivity contribution is 0.0924. The van der Waals surface area contributed by atoms with E-state index in [0.717, 1.165) is 0 Å². The van der Waals surface area contributed by atoms with Crippen molar-refractivity contribution >= 4 is 17.5 Å². The lowest BCUT2D eigenvalue weighted by Crippen LogP contribution is -2.35. The molecular weight excluding hydrogens is 257 g/mol. The van der Waals surface area contributed by atoms with Crippen LogP contribution >= 0.6 is 11.6 Å². The molecule has 18 heavy (non-hydrogen) atoms. The summed E-state index contributed by atoms with van der Waals surface area (Å²) in [6.45, 7) is 1.18. The lowest BCUT2D eigenvalue weighted by Gasteiger charge is -2.13. The molecule has 3 rings (SSSR count). The number of nitrogens with one attached hydrogen (secondary N) is 1. The molecule has 1 aliphatic rings. The quantitative estimate of drug-likeness (QED) is 0.858. The Morgan fingerprint density at radius 1 is 1.39 bits per heavy atom. The Kier molecular flexibility index (Phi) is 2.56. The van der Waals surface area contributed by atoms with Gasteiger partial charge in [0.1, 0.15) is 11.5 Å². The molecule has 4 nitrogen and oxygen atoms in total. The van der Waals surface area contributed by atoms with E-state index in [1.165, 1.54) is 12.1 Å². The normalized spacial score (nSPS) is 14.2. The van der Waals surface area contributed by atoms with Gasteiger partial charge in [0, 0.05) is 12.1 Å². The van der Waals surface area contributed by atoms with Crippen LogP contribution in [0.2, 0.25) is 5.02 Å². The van der Waals surface area contributed by atoms with E-state index in [9.17, 15) is 9.18 Å². The number of halogens is 2. The zero-order valence-electron chi connectivity index (χ0n) is 9.28. The van der Waals surface area contributed by atoms with Crippen LogP contribution in [-0.2, 0) is 6.54 Å². The maximum Gasteiger partial charge on any atom is 0.269 e. The van der Waals surface area contributed by atoms with Gasteiger partial charge in [0.25, 0.3) is 5.91 Å². The third-order valence-corrected chi connectivity index (χ3v) is 3.14. The van der Waals surface area contributed by atoms with Gasteiger partial charge in [-0.3, -0.25) is 9.48 Å². The molecule has 0 bridgehead atoms. The zero-order chi connectivity index (χ0) is 12.7. The molecule has 0 spiro atoms. The minimum absolute atomic E-state index is 0.0699. The molecule has 1 aromatic carbocycles. The minimum atomic E-state index is -0.496. The molecule has 0 fully saturated rings. The smallest absolute Gasteiger partial charge is 0.269 e. The fourth-order valence-corrected chi connectivity index (χ4v) is 2.05. The van der Waals surface area contributed by atoms with Gasteiger partial charge in [-0.15, -0.1) is 0 Å². The Labute approximate surface area is 107 Å². The Balaban J connectivity index is 2.07. The number of hydrogen-bond donors (Lipinski definition) is 1. The predicted octanol–water partition coefficient (Wildman–Crippen LogP) is 2.09. The maximum atomic E-state index is 13.4. The number of hydrogen-bond acceptors (Lipinski definition) is 2. The van der Waals surface area contributed by atoms with E-state index in [-0.39, 0.29) is 10.9 Å². The van der Waals surface area contributed by atoms with Crippen LogP contribution < -0.4 is 5.32 Å². The van der Waals surface area contributed by atoms with Gasteiger partial charge in [0.15, 0.2) is 0 Å². The first-order valence-electron chi connectivity index (χ1n) is 5.46. The summed E-state index contributed by atoms with van der Waals surface area (Å²) in [5.74, 6) is -0.654. The van der Waals surface area contributed by atoms with Gasteiger partial charge < -0.3 is 5.32 Å². The highest BCUT2D eigenvalue weighted by Gasteiger charge is 2.19. The van der Waals surface area contributed by atoms with Gasteiger partial charge in [-0.2, -0.15) is 5.10 Å². The summed E-state index contributed by atoms with van der Waals surface area (Å²) in [4.78, 5) is 11.6. The first-order chi connectivity index (χ1) is 8.65. The van der Waals surface area contributed by atoms with E-state index in [1.54, 1.807) is 16.8 Å². The molecule has 2 aromatic rings. The number of carbonyl (C=O) groups is 1. The highest BCUT2D eigenvalue weighted by Crippen LogP contribution is 2.24. The van der Waals surface area contributed by atoms with Crippen molar-refractivity contribution in [2.45, 2.75) is 6.54 Å². The van der Waals surface area contributed by atoms with Crippen LogP contribution in [0.5, 0.6) is 0 Å². The topological polar surface area (TPSA) is 46.9 Å². The molecule has 1 aliphatic heterocycles. The van der Waals surface area contributed by atoms with Crippen molar-refractivity contribution in [3.63, 3.8) is 0 Å². The Morgan fingerprint density at radius 2 is 2.22 bits per heavy atom. The second kappa shape index (κ2) is 4.10. The third-order valence-electron chi connectivity index (χ3n) is 2.84. The molecule has 1 amide bonds. The second-order valence-electron chi connectivity index (χ2n) is 4.02.